The zero-order valence-corrected chi connectivity index (χ0v) is 14.0. The van der Waals surface area contributed by atoms with Gasteiger partial charge in [-0.25, -0.2) is 0 Å². The Kier molecular flexibility index (Phi) is 6.78. The van der Waals surface area contributed by atoms with Crippen molar-refractivity contribution in [2.75, 3.05) is 40.8 Å². The van der Waals surface area contributed by atoms with Crippen LogP contribution in [0.25, 0.3) is 0 Å². The largest absolute Gasteiger partial charge is 0.315 e. The van der Waals surface area contributed by atoms with Gasteiger partial charge in [0.25, 0.3) is 0 Å². The maximum absolute atomic E-state index is 3.61. The van der Waals surface area contributed by atoms with Crippen LogP contribution in [0.3, 0.4) is 0 Å². The minimum atomic E-state index is 0.423. The molecule has 0 heterocycles. The molecule has 1 aliphatic rings. The van der Waals surface area contributed by atoms with E-state index in [4.69, 9.17) is 0 Å². The minimum absolute atomic E-state index is 0.423. The van der Waals surface area contributed by atoms with E-state index < -0.39 is 0 Å². The monoisotopic (exact) mass is 269 g/mol. The highest BCUT2D eigenvalue weighted by molar-refractivity contribution is 4.97. The summed E-state index contributed by atoms with van der Waals surface area (Å²) in [5, 5.41) is 3.61. The molecule has 1 rings (SSSR count). The van der Waals surface area contributed by atoms with E-state index in [-0.39, 0.29) is 0 Å². The van der Waals surface area contributed by atoms with E-state index in [1.54, 1.807) is 0 Å². The standard InChI is InChI=1S/C16H35N3/c1-7-19(13-9-12-18(5)6)14-10-8-11-16(2,3)15(14)17-4/h14-15,17H,7-13H2,1-6H3. The highest BCUT2D eigenvalue weighted by Gasteiger charge is 2.39. The van der Waals surface area contributed by atoms with Gasteiger partial charge >= 0.3 is 0 Å². The molecular formula is C16H35N3. The molecule has 2 unspecified atom stereocenters. The SMILES string of the molecule is CCN(CCCN(C)C)C1CCCC(C)(C)C1NC. The topological polar surface area (TPSA) is 18.5 Å². The maximum Gasteiger partial charge on any atom is 0.0271 e. The van der Waals surface area contributed by atoms with Crippen molar-refractivity contribution in [1.29, 1.82) is 0 Å². The number of nitrogens with one attached hydrogen (secondary N) is 1. The molecule has 3 heteroatoms. The first-order valence-corrected chi connectivity index (χ1v) is 7.98. The fourth-order valence-corrected chi connectivity index (χ4v) is 3.73. The van der Waals surface area contributed by atoms with Gasteiger partial charge in [-0.05, 0) is 65.5 Å². The zero-order chi connectivity index (χ0) is 14.5. The van der Waals surface area contributed by atoms with Crippen molar-refractivity contribution in [3.8, 4) is 0 Å². The van der Waals surface area contributed by atoms with Gasteiger partial charge in [-0.3, -0.25) is 4.90 Å². The second-order valence-corrected chi connectivity index (χ2v) is 7.00. The Morgan fingerprint density at radius 2 is 1.89 bits per heavy atom. The van der Waals surface area contributed by atoms with Gasteiger partial charge in [0.1, 0.15) is 0 Å². The van der Waals surface area contributed by atoms with Crippen molar-refractivity contribution in [1.82, 2.24) is 15.1 Å². The first kappa shape index (κ1) is 16.9. The summed E-state index contributed by atoms with van der Waals surface area (Å²) in [6.45, 7) is 10.8. The highest BCUT2D eigenvalue weighted by atomic mass is 15.2. The predicted octanol–water partition coefficient (Wildman–Crippen LogP) is 2.43. The summed E-state index contributed by atoms with van der Waals surface area (Å²) in [6, 6.07) is 1.33. The molecule has 0 saturated heterocycles. The third-order valence-electron chi connectivity index (χ3n) is 4.78. The van der Waals surface area contributed by atoms with Crippen LogP contribution in [0, 0.1) is 5.41 Å². The molecule has 0 aromatic carbocycles. The van der Waals surface area contributed by atoms with Crippen LogP contribution in [-0.4, -0.2) is 62.7 Å². The third-order valence-corrected chi connectivity index (χ3v) is 4.78. The summed E-state index contributed by atoms with van der Waals surface area (Å²) in [4.78, 5) is 4.99. The molecule has 1 saturated carbocycles. The summed E-state index contributed by atoms with van der Waals surface area (Å²) in [6.07, 6.45) is 5.35. The van der Waals surface area contributed by atoms with Crippen molar-refractivity contribution in [2.24, 2.45) is 5.41 Å². The predicted molar refractivity (Wildman–Crippen MR) is 84.7 cm³/mol. The van der Waals surface area contributed by atoms with Crippen LogP contribution >= 0.6 is 0 Å². The van der Waals surface area contributed by atoms with Crippen LogP contribution in [0.15, 0.2) is 0 Å². The fourth-order valence-electron chi connectivity index (χ4n) is 3.73. The van der Waals surface area contributed by atoms with Gasteiger partial charge in [-0.1, -0.05) is 27.2 Å². The summed E-state index contributed by atoms with van der Waals surface area (Å²) in [5.74, 6) is 0. The van der Waals surface area contributed by atoms with Crippen LogP contribution in [0.2, 0.25) is 0 Å². The van der Waals surface area contributed by atoms with Gasteiger partial charge in [0.15, 0.2) is 0 Å². The van der Waals surface area contributed by atoms with E-state index in [0.717, 1.165) is 0 Å². The van der Waals surface area contributed by atoms with Crippen LogP contribution in [0.1, 0.15) is 46.5 Å². The minimum Gasteiger partial charge on any atom is -0.315 e. The quantitative estimate of drug-likeness (QED) is 0.766. The molecule has 0 aromatic heterocycles. The lowest BCUT2D eigenvalue weighted by Gasteiger charge is -2.48. The van der Waals surface area contributed by atoms with Crippen molar-refractivity contribution in [3.05, 3.63) is 0 Å². The second kappa shape index (κ2) is 7.61. The summed E-state index contributed by atoms with van der Waals surface area (Å²) in [7, 11) is 6.46. The normalized spacial score (nSPS) is 27.2. The van der Waals surface area contributed by atoms with Crippen LogP contribution < -0.4 is 5.32 Å². The van der Waals surface area contributed by atoms with Gasteiger partial charge in [0, 0.05) is 12.1 Å². The molecule has 114 valence electrons. The molecule has 0 radical (unpaired) electrons. The highest BCUT2D eigenvalue weighted by Crippen LogP contribution is 2.37. The summed E-state index contributed by atoms with van der Waals surface area (Å²) < 4.78 is 0. The Morgan fingerprint density at radius 3 is 2.42 bits per heavy atom. The van der Waals surface area contributed by atoms with E-state index >= 15 is 0 Å². The molecule has 1 fully saturated rings. The van der Waals surface area contributed by atoms with Gasteiger partial charge in [0.05, 0.1) is 0 Å². The van der Waals surface area contributed by atoms with Crippen molar-refractivity contribution < 1.29 is 0 Å². The van der Waals surface area contributed by atoms with Gasteiger partial charge in [-0.15, -0.1) is 0 Å². The molecule has 2 atom stereocenters. The lowest BCUT2D eigenvalue weighted by atomic mass is 9.70. The first-order valence-electron chi connectivity index (χ1n) is 7.98. The Hall–Kier alpha value is -0.120. The van der Waals surface area contributed by atoms with E-state index in [1.807, 2.05) is 0 Å². The second-order valence-electron chi connectivity index (χ2n) is 7.00. The Labute approximate surface area is 120 Å². The zero-order valence-electron chi connectivity index (χ0n) is 14.0. The smallest absolute Gasteiger partial charge is 0.0271 e. The molecule has 1 aliphatic carbocycles. The first-order chi connectivity index (χ1) is 8.92. The fraction of sp³-hybridized carbons (Fsp3) is 1.00. The molecule has 0 spiro atoms. The summed E-state index contributed by atoms with van der Waals surface area (Å²) in [5.41, 5.74) is 0.423. The third kappa shape index (κ3) is 4.73. The summed E-state index contributed by atoms with van der Waals surface area (Å²) >= 11 is 0. The van der Waals surface area contributed by atoms with Gasteiger partial charge in [0.2, 0.25) is 0 Å². The molecule has 19 heavy (non-hydrogen) atoms. The molecule has 3 nitrogen and oxygen atoms in total. The van der Waals surface area contributed by atoms with Crippen molar-refractivity contribution in [2.45, 2.75) is 58.5 Å². The average molecular weight is 269 g/mol. The van der Waals surface area contributed by atoms with Crippen LogP contribution in [0.4, 0.5) is 0 Å². The van der Waals surface area contributed by atoms with E-state index in [1.165, 1.54) is 45.3 Å². The lowest BCUT2D eigenvalue weighted by molar-refractivity contribution is 0.0533. The number of nitrogens with zero attached hydrogens (tertiary/aromatic N) is 2. The molecule has 0 amide bonds. The molecule has 0 aromatic rings. The Balaban J connectivity index is 2.62. The Morgan fingerprint density at radius 1 is 1.21 bits per heavy atom. The van der Waals surface area contributed by atoms with Crippen molar-refractivity contribution >= 4 is 0 Å². The average Bonchev–Trinajstić information content (AvgIpc) is 2.33. The maximum atomic E-state index is 3.61. The molecular weight excluding hydrogens is 234 g/mol. The number of hydrogen-bond acceptors (Lipinski definition) is 3. The lowest BCUT2D eigenvalue weighted by Crippen LogP contribution is -2.58. The van der Waals surface area contributed by atoms with Crippen LogP contribution in [0.5, 0.6) is 0 Å². The Bertz CT molecular complexity index is 250. The van der Waals surface area contributed by atoms with E-state index in [0.29, 0.717) is 17.5 Å². The van der Waals surface area contributed by atoms with E-state index in [9.17, 15) is 0 Å². The number of likely N-dealkylation sites (N-methyl/N-ethyl adjacent to an activating group) is 2. The number of rotatable bonds is 7. The molecule has 1 N–H and O–H groups in total. The van der Waals surface area contributed by atoms with Crippen LogP contribution in [-0.2, 0) is 0 Å². The van der Waals surface area contributed by atoms with Crippen molar-refractivity contribution in [3.63, 3.8) is 0 Å². The molecule has 0 aliphatic heterocycles. The molecule has 0 bridgehead atoms. The van der Waals surface area contributed by atoms with Gasteiger partial charge in [-0.2, -0.15) is 0 Å². The van der Waals surface area contributed by atoms with E-state index in [2.05, 4.69) is 57.0 Å². The number of hydrogen-bond donors (Lipinski definition) is 1. The van der Waals surface area contributed by atoms with Gasteiger partial charge < -0.3 is 10.2 Å².